The number of aromatic nitrogens is 2. The van der Waals surface area contributed by atoms with E-state index in [0.717, 1.165) is 11.3 Å². The van der Waals surface area contributed by atoms with Crippen molar-refractivity contribution in [1.29, 1.82) is 0 Å². The number of hydrogen-bond donors (Lipinski definition) is 1. The van der Waals surface area contributed by atoms with Crippen LogP contribution in [0.25, 0.3) is 28.7 Å². The van der Waals surface area contributed by atoms with Crippen LogP contribution >= 0.6 is 11.6 Å². The predicted molar refractivity (Wildman–Crippen MR) is 142 cm³/mol. The maximum atomic E-state index is 13.3. The molecule has 0 fully saturated rings. The topological polar surface area (TPSA) is 64.0 Å². The van der Waals surface area contributed by atoms with E-state index in [-0.39, 0.29) is 11.5 Å². The lowest BCUT2D eigenvalue weighted by molar-refractivity contribution is 0.102. The molecular weight excluding hydrogens is 458 g/mol. The highest BCUT2D eigenvalue weighted by Crippen LogP contribution is 2.20. The minimum Gasteiger partial charge on any atom is -0.322 e. The van der Waals surface area contributed by atoms with Gasteiger partial charge in [0.15, 0.2) is 0 Å². The van der Waals surface area contributed by atoms with E-state index >= 15 is 0 Å². The molecule has 0 bridgehead atoms. The fraction of sp³-hybridized carbons (Fsp3) is 0. The first-order valence-corrected chi connectivity index (χ1v) is 11.4. The second-order valence-electron chi connectivity index (χ2n) is 7.86. The summed E-state index contributed by atoms with van der Waals surface area (Å²) in [5.41, 5.74) is 3.10. The number of para-hydroxylation sites is 2. The van der Waals surface area contributed by atoms with Crippen LogP contribution in [0.4, 0.5) is 5.69 Å². The molecule has 0 saturated heterocycles. The number of carbonyl (C=O) groups is 1. The Balaban J connectivity index is 1.50. The lowest BCUT2D eigenvalue weighted by Gasteiger charge is -2.11. The summed E-state index contributed by atoms with van der Waals surface area (Å²) in [6.07, 6.45) is 3.66. The van der Waals surface area contributed by atoms with Crippen LogP contribution in [0.5, 0.6) is 0 Å². The van der Waals surface area contributed by atoms with Gasteiger partial charge in [0.25, 0.3) is 11.5 Å². The van der Waals surface area contributed by atoms with E-state index in [1.807, 2.05) is 72.8 Å². The fourth-order valence-corrected chi connectivity index (χ4v) is 4.04. The number of halogens is 1. The first-order chi connectivity index (χ1) is 17.1. The van der Waals surface area contributed by atoms with Crippen molar-refractivity contribution in [2.75, 3.05) is 5.32 Å². The van der Waals surface area contributed by atoms with Crippen molar-refractivity contribution in [3.05, 3.63) is 135 Å². The molecule has 5 aromatic rings. The summed E-state index contributed by atoms with van der Waals surface area (Å²) in [5, 5.41) is 3.82. The molecule has 0 saturated carbocycles. The molecule has 1 aromatic heterocycles. The van der Waals surface area contributed by atoms with Gasteiger partial charge >= 0.3 is 0 Å². The second-order valence-corrected chi connectivity index (χ2v) is 8.26. The highest BCUT2D eigenvalue weighted by atomic mass is 35.5. The monoisotopic (exact) mass is 477 g/mol. The van der Waals surface area contributed by atoms with Crippen LogP contribution in [0.1, 0.15) is 21.7 Å². The van der Waals surface area contributed by atoms with Gasteiger partial charge in [-0.2, -0.15) is 0 Å². The molecular formula is C29H20ClN3O2. The Kier molecular flexibility index (Phi) is 6.24. The van der Waals surface area contributed by atoms with Gasteiger partial charge in [0.1, 0.15) is 5.82 Å². The maximum Gasteiger partial charge on any atom is 0.266 e. The first-order valence-electron chi connectivity index (χ1n) is 11.0. The molecule has 4 aromatic carbocycles. The Morgan fingerprint density at radius 3 is 2.40 bits per heavy atom. The lowest BCUT2D eigenvalue weighted by Crippen LogP contribution is -2.22. The largest absolute Gasteiger partial charge is 0.322 e. The molecule has 0 atom stereocenters. The smallest absolute Gasteiger partial charge is 0.266 e. The normalized spacial score (nSPS) is 11.1. The van der Waals surface area contributed by atoms with Crippen LogP contribution < -0.4 is 10.9 Å². The van der Waals surface area contributed by atoms with Crippen LogP contribution in [0.2, 0.25) is 5.02 Å². The predicted octanol–water partition coefficient (Wildman–Crippen LogP) is 6.46. The number of nitrogens with one attached hydrogen (secondary N) is 1. The molecule has 170 valence electrons. The highest BCUT2D eigenvalue weighted by molar-refractivity contribution is 6.34. The molecule has 0 aliphatic rings. The average molecular weight is 478 g/mol. The molecule has 1 amide bonds. The van der Waals surface area contributed by atoms with Crippen molar-refractivity contribution < 1.29 is 4.79 Å². The van der Waals surface area contributed by atoms with E-state index in [1.54, 1.807) is 47.0 Å². The summed E-state index contributed by atoms with van der Waals surface area (Å²) < 4.78 is 1.60. The van der Waals surface area contributed by atoms with Gasteiger partial charge in [-0.3, -0.25) is 14.2 Å². The molecule has 0 aliphatic carbocycles. The van der Waals surface area contributed by atoms with E-state index in [2.05, 4.69) is 5.32 Å². The van der Waals surface area contributed by atoms with Crippen LogP contribution in [0.15, 0.2) is 108 Å². The van der Waals surface area contributed by atoms with E-state index in [0.29, 0.717) is 33.0 Å². The molecule has 0 unspecified atom stereocenters. The third-order valence-corrected chi connectivity index (χ3v) is 5.83. The van der Waals surface area contributed by atoms with Gasteiger partial charge in [-0.1, -0.05) is 72.3 Å². The SMILES string of the molecule is O=C(Nc1cccc(/C=C/c2nc3ccccc3c(=O)n2-c2ccccc2)c1)c1ccccc1Cl. The Bertz CT molecular complexity index is 1620. The number of anilines is 1. The Morgan fingerprint density at radius 2 is 1.57 bits per heavy atom. The van der Waals surface area contributed by atoms with E-state index in [1.165, 1.54) is 0 Å². The minimum absolute atomic E-state index is 0.137. The summed E-state index contributed by atoms with van der Waals surface area (Å²) in [4.78, 5) is 30.7. The number of hydrogen-bond acceptors (Lipinski definition) is 3. The Morgan fingerprint density at radius 1 is 0.829 bits per heavy atom. The van der Waals surface area contributed by atoms with E-state index in [4.69, 9.17) is 16.6 Å². The maximum absolute atomic E-state index is 13.3. The van der Waals surface area contributed by atoms with Gasteiger partial charge in [0, 0.05) is 5.69 Å². The number of amides is 1. The molecule has 1 N–H and O–H groups in total. The molecule has 5 nitrogen and oxygen atoms in total. The van der Waals surface area contributed by atoms with Crippen molar-refractivity contribution in [1.82, 2.24) is 9.55 Å². The molecule has 0 spiro atoms. The summed E-state index contributed by atoms with van der Waals surface area (Å²) >= 11 is 6.15. The lowest BCUT2D eigenvalue weighted by atomic mass is 10.1. The number of nitrogens with zero attached hydrogens (tertiary/aromatic N) is 2. The Labute approximate surface area is 207 Å². The van der Waals surface area contributed by atoms with Gasteiger partial charge in [-0.05, 0) is 60.2 Å². The third-order valence-electron chi connectivity index (χ3n) is 5.50. The summed E-state index contributed by atoms with van der Waals surface area (Å²) in [6.45, 7) is 0. The number of benzene rings is 4. The molecule has 0 aliphatic heterocycles. The van der Waals surface area contributed by atoms with Crippen molar-refractivity contribution in [3.8, 4) is 5.69 Å². The van der Waals surface area contributed by atoms with Crippen LogP contribution in [-0.4, -0.2) is 15.5 Å². The summed E-state index contributed by atoms with van der Waals surface area (Å²) in [7, 11) is 0. The standard InChI is InChI=1S/C29H20ClN3O2/c30-25-15-6-4-13-23(25)28(34)31-21-10-8-9-20(19-21)17-18-27-32-26-16-7-5-14-24(26)29(35)33(27)22-11-2-1-3-12-22/h1-19H,(H,31,34)/b18-17+. The molecule has 35 heavy (non-hydrogen) atoms. The van der Waals surface area contributed by atoms with Crippen molar-refractivity contribution in [3.63, 3.8) is 0 Å². The minimum atomic E-state index is -0.286. The molecule has 6 heteroatoms. The number of fused-ring (bicyclic) bond motifs is 1. The molecule has 5 rings (SSSR count). The zero-order valence-electron chi connectivity index (χ0n) is 18.6. The van der Waals surface area contributed by atoms with Crippen LogP contribution in [0.3, 0.4) is 0 Å². The Hall–Kier alpha value is -4.48. The zero-order valence-corrected chi connectivity index (χ0v) is 19.3. The second kappa shape index (κ2) is 9.79. The van der Waals surface area contributed by atoms with Gasteiger partial charge in [-0.15, -0.1) is 0 Å². The molecule has 0 radical (unpaired) electrons. The van der Waals surface area contributed by atoms with Gasteiger partial charge in [0.2, 0.25) is 0 Å². The van der Waals surface area contributed by atoms with Crippen molar-refractivity contribution in [2.24, 2.45) is 0 Å². The van der Waals surface area contributed by atoms with Gasteiger partial charge in [0.05, 0.1) is 27.2 Å². The quantitative estimate of drug-likeness (QED) is 0.316. The van der Waals surface area contributed by atoms with Crippen molar-refractivity contribution in [2.45, 2.75) is 0 Å². The number of rotatable bonds is 5. The van der Waals surface area contributed by atoms with Crippen LogP contribution in [0, 0.1) is 0 Å². The van der Waals surface area contributed by atoms with Gasteiger partial charge < -0.3 is 5.32 Å². The van der Waals surface area contributed by atoms with E-state index in [9.17, 15) is 9.59 Å². The highest BCUT2D eigenvalue weighted by Gasteiger charge is 2.12. The van der Waals surface area contributed by atoms with Crippen molar-refractivity contribution >= 4 is 46.3 Å². The molecule has 1 heterocycles. The van der Waals surface area contributed by atoms with Gasteiger partial charge in [-0.25, -0.2) is 4.98 Å². The summed E-state index contributed by atoms with van der Waals surface area (Å²) in [5.74, 6) is 0.219. The summed E-state index contributed by atoms with van der Waals surface area (Å²) in [6, 6.07) is 31.0. The first kappa shape index (κ1) is 22.3. The third kappa shape index (κ3) is 4.76. The van der Waals surface area contributed by atoms with Crippen LogP contribution in [-0.2, 0) is 0 Å². The fourth-order valence-electron chi connectivity index (χ4n) is 3.82. The zero-order chi connectivity index (χ0) is 24.2. The van der Waals surface area contributed by atoms with E-state index < -0.39 is 0 Å². The number of carbonyl (C=O) groups excluding carboxylic acids is 1. The average Bonchev–Trinajstić information content (AvgIpc) is 2.88.